The molecule has 1 aromatic heterocycles. The van der Waals surface area contributed by atoms with E-state index in [0.29, 0.717) is 0 Å². The minimum atomic E-state index is -0.603. The largest absolute Gasteiger partial charge is 0.465 e. The maximum Gasteiger partial charge on any atom is 0.343 e. The van der Waals surface area contributed by atoms with E-state index in [0.717, 1.165) is 6.42 Å². The van der Waals surface area contributed by atoms with E-state index in [1.165, 1.54) is 17.7 Å². The van der Waals surface area contributed by atoms with Crippen LogP contribution in [0.15, 0.2) is 23.1 Å². The number of hydrogen-bond donors (Lipinski definition) is 0. The number of nitrogens with zero attached hydrogens (tertiary/aromatic N) is 1. The van der Waals surface area contributed by atoms with Crippen molar-refractivity contribution in [1.29, 1.82) is 0 Å². The summed E-state index contributed by atoms with van der Waals surface area (Å²) in [5.41, 5.74) is -0.259. The zero-order valence-electron chi connectivity index (χ0n) is 9.17. The van der Waals surface area contributed by atoms with Gasteiger partial charge in [0.2, 0.25) is 0 Å². The minimum Gasteiger partial charge on any atom is -0.465 e. The molecule has 0 aromatic carbocycles. The molecule has 0 spiro atoms. The van der Waals surface area contributed by atoms with Crippen molar-refractivity contribution in [3.63, 3.8) is 0 Å². The van der Waals surface area contributed by atoms with E-state index >= 15 is 0 Å². The van der Waals surface area contributed by atoms with Crippen LogP contribution in [0, 0.1) is 0 Å². The Morgan fingerprint density at radius 3 is 2.81 bits per heavy atom. The molecule has 2 atom stereocenters. The average Bonchev–Trinajstić information content (AvgIpc) is 3.07. The number of carbonyl (C=O) groups excluding carboxylic acids is 1. The first-order chi connectivity index (χ1) is 7.69. The first kappa shape index (κ1) is 10.9. The van der Waals surface area contributed by atoms with Crippen LogP contribution in [0.3, 0.4) is 0 Å². The lowest BCUT2D eigenvalue weighted by atomic mass is 10.3. The smallest absolute Gasteiger partial charge is 0.343 e. The maximum atomic E-state index is 11.9. The molecule has 0 saturated heterocycles. The summed E-state index contributed by atoms with van der Waals surface area (Å²) >= 11 is 0. The van der Waals surface area contributed by atoms with Gasteiger partial charge in [-0.05, 0) is 18.6 Å². The molecule has 1 aliphatic rings. The zero-order valence-corrected chi connectivity index (χ0v) is 9.17. The van der Waals surface area contributed by atoms with Crippen molar-refractivity contribution in [1.82, 2.24) is 4.57 Å². The van der Waals surface area contributed by atoms with Gasteiger partial charge in [0.1, 0.15) is 5.56 Å². The molecule has 1 saturated carbocycles. The van der Waals surface area contributed by atoms with Crippen molar-refractivity contribution in [3.8, 4) is 0 Å². The van der Waals surface area contributed by atoms with Gasteiger partial charge in [0, 0.05) is 13.3 Å². The lowest BCUT2D eigenvalue weighted by Crippen LogP contribution is -2.26. The summed E-state index contributed by atoms with van der Waals surface area (Å²) in [7, 11) is 2.87. The Hall–Kier alpha value is -1.62. The van der Waals surface area contributed by atoms with Crippen LogP contribution in [-0.2, 0) is 9.47 Å². The van der Waals surface area contributed by atoms with Gasteiger partial charge in [0.15, 0.2) is 0 Å². The molecule has 0 N–H and O–H groups in total. The highest BCUT2D eigenvalue weighted by molar-refractivity contribution is 5.88. The molecule has 5 nitrogen and oxygen atoms in total. The van der Waals surface area contributed by atoms with Gasteiger partial charge in [-0.25, -0.2) is 4.79 Å². The van der Waals surface area contributed by atoms with Crippen LogP contribution in [0.1, 0.15) is 22.8 Å². The predicted octanol–water partition coefficient (Wildman–Crippen LogP) is 0.595. The third-order valence-corrected chi connectivity index (χ3v) is 2.74. The highest BCUT2D eigenvalue weighted by atomic mass is 16.5. The molecule has 2 rings (SSSR count). The first-order valence-corrected chi connectivity index (χ1v) is 5.01. The Morgan fingerprint density at radius 2 is 2.25 bits per heavy atom. The average molecular weight is 223 g/mol. The Labute approximate surface area is 92.6 Å². The first-order valence-electron chi connectivity index (χ1n) is 5.01. The van der Waals surface area contributed by atoms with Gasteiger partial charge in [-0.2, -0.15) is 0 Å². The number of hydrogen-bond acceptors (Lipinski definition) is 4. The summed E-state index contributed by atoms with van der Waals surface area (Å²) in [6.07, 6.45) is 2.55. The Kier molecular flexibility index (Phi) is 2.78. The normalized spacial score (nSPS) is 22.9. The molecule has 0 bridgehead atoms. The van der Waals surface area contributed by atoms with Crippen LogP contribution >= 0.6 is 0 Å². The second kappa shape index (κ2) is 4.09. The number of methoxy groups -OCH3 is 2. The van der Waals surface area contributed by atoms with E-state index in [2.05, 4.69) is 4.74 Å². The number of rotatable bonds is 3. The monoisotopic (exact) mass is 223 g/mol. The number of esters is 1. The molecule has 1 aliphatic carbocycles. The quantitative estimate of drug-likeness (QED) is 0.704. The van der Waals surface area contributed by atoms with Gasteiger partial charge in [-0.3, -0.25) is 4.79 Å². The van der Waals surface area contributed by atoms with Gasteiger partial charge in [0.05, 0.1) is 19.3 Å². The lowest BCUT2D eigenvalue weighted by molar-refractivity contribution is 0.0597. The molecule has 16 heavy (non-hydrogen) atoms. The summed E-state index contributed by atoms with van der Waals surface area (Å²) in [4.78, 5) is 23.2. The summed E-state index contributed by atoms with van der Waals surface area (Å²) < 4.78 is 11.2. The van der Waals surface area contributed by atoms with Crippen molar-refractivity contribution in [2.75, 3.05) is 14.2 Å². The third-order valence-electron chi connectivity index (χ3n) is 2.74. The summed E-state index contributed by atoms with van der Waals surface area (Å²) in [5, 5.41) is 0. The van der Waals surface area contributed by atoms with Crippen LogP contribution in [0.2, 0.25) is 0 Å². The topological polar surface area (TPSA) is 57.5 Å². The van der Waals surface area contributed by atoms with Gasteiger partial charge in [0.25, 0.3) is 5.56 Å². The van der Waals surface area contributed by atoms with Crippen molar-refractivity contribution in [2.24, 2.45) is 0 Å². The van der Waals surface area contributed by atoms with Gasteiger partial charge >= 0.3 is 5.97 Å². The van der Waals surface area contributed by atoms with Crippen molar-refractivity contribution >= 4 is 5.97 Å². The standard InChI is InChI=1S/C11H13NO4/c1-15-9-6-8(9)12-5-3-4-7(10(12)13)11(14)16-2/h3-5,8-9H,6H2,1-2H3/t8-,9?/m0/s1. The molecule has 0 radical (unpaired) electrons. The Morgan fingerprint density at radius 1 is 1.50 bits per heavy atom. The van der Waals surface area contributed by atoms with E-state index in [1.807, 2.05) is 0 Å². The van der Waals surface area contributed by atoms with Crippen LogP contribution in [0.5, 0.6) is 0 Å². The molecular weight excluding hydrogens is 210 g/mol. The molecule has 0 aliphatic heterocycles. The highest BCUT2D eigenvalue weighted by Gasteiger charge is 2.40. The van der Waals surface area contributed by atoms with Crippen LogP contribution in [0.25, 0.3) is 0 Å². The number of pyridine rings is 1. The number of ether oxygens (including phenoxy) is 2. The molecule has 86 valence electrons. The van der Waals surface area contributed by atoms with Gasteiger partial charge in [-0.1, -0.05) is 0 Å². The van der Waals surface area contributed by atoms with E-state index in [1.54, 1.807) is 19.4 Å². The van der Waals surface area contributed by atoms with Crippen LogP contribution < -0.4 is 5.56 Å². The Bertz CT molecular complexity index is 465. The van der Waals surface area contributed by atoms with E-state index in [4.69, 9.17) is 4.74 Å². The summed E-state index contributed by atoms with van der Waals surface area (Å²) in [6.45, 7) is 0. The predicted molar refractivity (Wildman–Crippen MR) is 56.5 cm³/mol. The van der Waals surface area contributed by atoms with Crippen molar-refractivity contribution < 1.29 is 14.3 Å². The molecule has 1 fully saturated rings. The second-order valence-corrected chi connectivity index (χ2v) is 3.70. The molecule has 1 heterocycles. The van der Waals surface area contributed by atoms with Crippen LogP contribution in [-0.4, -0.2) is 30.9 Å². The fourth-order valence-electron chi connectivity index (χ4n) is 1.74. The third kappa shape index (κ3) is 1.74. The van der Waals surface area contributed by atoms with Crippen molar-refractivity contribution in [2.45, 2.75) is 18.6 Å². The molecule has 5 heteroatoms. The lowest BCUT2D eigenvalue weighted by Gasteiger charge is -2.06. The van der Waals surface area contributed by atoms with Gasteiger partial charge < -0.3 is 14.0 Å². The van der Waals surface area contributed by atoms with Crippen molar-refractivity contribution in [3.05, 3.63) is 34.2 Å². The van der Waals surface area contributed by atoms with Crippen LogP contribution in [0.4, 0.5) is 0 Å². The Balaban J connectivity index is 2.35. The SMILES string of the molecule is COC(=O)c1cccn([C@H]2CC2OC)c1=O. The molecule has 0 amide bonds. The number of carbonyl (C=O) groups is 1. The fourth-order valence-corrected chi connectivity index (χ4v) is 1.74. The fraction of sp³-hybridized carbons (Fsp3) is 0.455. The summed E-state index contributed by atoms with van der Waals surface area (Å²) in [5.74, 6) is -0.603. The number of aromatic nitrogens is 1. The van der Waals surface area contributed by atoms with E-state index < -0.39 is 5.97 Å². The van der Waals surface area contributed by atoms with E-state index in [9.17, 15) is 9.59 Å². The molecule has 1 aromatic rings. The maximum absolute atomic E-state index is 11.9. The molecule has 1 unspecified atom stereocenters. The van der Waals surface area contributed by atoms with E-state index in [-0.39, 0.29) is 23.3 Å². The summed E-state index contributed by atoms with van der Waals surface area (Å²) in [6, 6.07) is 3.18. The molecular formula is C11H13NO4. The second-order valence-electron chi connectivity index (χ2n) is 3.70. The zero-order chi connectivity index (χ0) is 11.7. The minimum absolute atomic E-state index is 0.0436. The van der Waals surface area contributed by atoms with Gasteiger partial charge in [-0.15, -0.1) is 0 Å². The highest BCUT2D eigenvalue weighted by Crippen LogP contribution is 2.36.